The van der Waals surface area contributed by atoms with E-state index < -0.39 is 0 Å². The number of hydrogen-bond donors (Lipinski definition) is 1. The largest absolute Gasteiger partial charge is 0.360 e. The molecule has 1 heterocycles. The maximum atomic E-state index is 13.0. The van der Waals surface area contributed by atoms with Crippen molar-refractivity contribution in [2.75, 3.05) is 16.8 Å². The molecule has 0 saturated heterocycles. The predicted octanol–water partition coefficient (Wildman–Crippen LogP) is 2.99. The minimum atomic E-state index is -0.290. The number of thioether (sulfide) groups is 1. The van der Waals surface area contributed by atoms with Gasteiger partial charge in [0.1, 0.15) is 11.6 Å². The van der Waals surface area contributed by atoms with Gasteiger partial charge in [-0.15, -0.1) is 11.8 Å². The predicted molar refractivity (Wildman–Crippen MR) is 97.2 cm³/mol. The van der Waals surface area contributed by atoms with Gasteiger partial charge in [0.25, 0.3) is 0 Å². The highest BCUT2D eigenvalue weighted by Gasteiger charge is 2.32. The van der Waals surface area contributed by atoms with E-state index in [1.54, 1.807) is 25.1 Å². The van der Waals surface area contributed by atoms with Crippen LogP contribution in [0.1, 0.15) is 24.2 Å². The quantitative estimate of drug-likeness (QED) is 0.765. The first-order valence-electron chi connectivity index (χ1n) is 8.36. The maximum Gasteiger partial charge on any atom is 0.235 e. The summed E-state index contributed by atoms with van der Waals surface area (Å²) in [6.45, 7) is 2.21. The van der Waals surface area contributed by atoms with Gasteiger partial charge in [0.05, 0.1) is 11.5 Å². The third-order valence-electron chi connectivity index (χ3n) is 3.93. The molecule has 1 aromatic heterocycles. The summed E-state index contributed by atoms with van der Waals surface area (Å²) in [5.41, 5.74) is 0.899. The van der Waals surface area contributed by atoms with E-state index in [1.165, 1.54) is 23.9 Å². The van der Waals surface area contributed by atoms with E-state index in [9.17, 15) is 14.0 Å². The molecule has 1 aliphatic rings. The van der Waals surface area contributed by atoms with Crippen molar-refractivity contribution in [1.82, 2.24) is 10.1 Å². The van der Waals surface area contributed by atoms with Gasteiger partial charge in [-0.25, -0.2) is 4.39 Å². The van der Waals surface area contributed by atoms with Crippen molar-refractivity contribution >= 4 is 29.4 Å². The average molecular weight is 377 g/mol. The molecule has 1 N–H and O–H groups in total. The molecule has 138 valence electrons. The van der Waals surface area contributed by atoms with Crippen LogP contribution in [0.4, 0.5) is 10.2 Å². The number of anilines is 1. The van der Waals surface area contributed by atoms with Crippen LogP contribution in [0.15, 0.2) is 34.9 Å². The van der Waals surface area contributed by atoms with Gasteiger partial charge in [-0.3, -0.25) is 9.59 Å². The number of aromatic nitrogens is 1. The number of aryl methyl sites for hydroxylation is 1. The summed E-state index contributed by atoms with van der Waals surface area (Å²) in [5, 5.41) is 6.31. The molecule has 2 amide bonds. The number of carbonyl (C=O) groups excluding carboxylic acids is 2. The number of benzene rings is 1. The first-order chi connectivity index (χ1) is 12.5. The molecule has 0 aliphatic heterocycles. The second kappa shape index (κ2) is 8.35. The summed E-state index contributed by atoms with van der Waals surface area (Å²) in [4.78, 5) is 26.2. The lowest BCUT2D eigenvalue weighted by molar-refractivity contribution is -0.129. The second-order valence-electron chi connectivity index (χ2n) is 6.24. The summed E-state index contributed by atoms with van der Waals surface area (Å²) in [7, 11) is 0. The SMILES string of the molecule is Cc1cc(NC(=O)CSCC(=O)N(Cc2ccc(F)cc2)C2CC2)no1. The van der Waals surface area contributed by atoms with Crippen LogP contribution in [0.2, 0.25) is 0 Å². The van der Waals surface area contributed by atoms with Crippen molar-refractivity contribution in [3.63, 3.8) is 0 Å². The Labute approximate surface area is 155 Å². The van der Waals surface area contributed by atoms with Crippen LogP contribution in [0, 0.1) is 12.7 Å². The molecular weight excluding hydrogens is 357 g/mol. The van der Waals surface area contributed by atoms with Gasteiger partial charge in [0.15, 0.2) is 5.82 Å². The Kier molecular flexibility index (Phi) is 5.92. The van der Waals surface area contributed by atoms with Crippen LogP contribution >= 0.6 is 11.8 Å². The number of hydrogen-bond acceptors (Lipinski definition) is 5. The van der Waals surface area contributed by atoms with Crippen molar-refractivity contribution in [2.24, 2.45) is 0 Å². The van der Waals surface area contributed by atoms with Gasteiger partial charge in [0, 0.05) is 18.7 Å². The zero-order valence-electron chi connectivity index (χ0n) is 14.4. The summed E-state index contributed by atoms with van der Waals surface area (Å²) in [6, 6.07) is 8.06. The topological polar surface area (TPSA) is 75.4 Å². The van der Waals surface area contributed by atoms with Crippen LogP contribution < -0.4 is 5.32 Å². The molecule has 1 fully saturated rings. The number of nitrogens with zero attached hydrogens (tertiary/aromatic N) is 2. The van der Waals surface area contributed by atoms with E-state index in [1.807, 2.05) is 4.90 Å². The lowest BCUT2D eigenvalue weighted by Gasteiger charge is -2.22. The molecule has 1 saturated carbocycles. The van der Waals surface area contributed by atoms with E-state index in [0.717, 1.165) is 18.4 Å². The minimum Gasteiger partial charge on any atom is -0.360 e. The molecule has 0 radical (unpaired) electrons. The fourth-order valence-electron chi connectivity index (χ4n) is 2.51. The van der Waals surface area contributed by atoms with E-state index in [-0.39, 0.29) is 35.2 Å². The van der Waals surface area contributed by atoms with Crippen molar-refractivity contribution in [2.45, 2.75) is 32.4 Å². The van der Waals surface area contributed by atoms with E-state index in [0.29, 0.717) is 18.1 Å². The van der Waals surface area contributed by atoms with Gasteiger partial charge < -0.3 is 14.7 Å². The van der Waals surface area contributed by atoms with E-state index in [4.69, 9.17) is 4.52 Å². The summed E-state index contributed by atoms with van der Waals surface area (Å²) < 4.78 is 17.9. The second-order valence-corrected chi connectivity index (χ2v) is 7.23. The number of carbonyl (C=O) groups is 2. The number of halogens is 1. The van der Waals surface area contributed by atoms with Gasteiger partial charge in [0.2, 0.25) is 11.8 Å². The monoisotopic (exact) mass is 377 g/mol. The van der Waals surface area contributed by atoms with Crippen molar-refractivity contribution in [3.05, 3.63) is 47.5 Å². The summed E-state index contributed by atoms with van der Waals surface area (Å²) >= 11 is 1.26. The third kappa shape index (κ3) is 5.32. The molecule has 26 heavy (non-hydrogen) atoms. The molecule has 6 nitrogen and oxygen atoms in total. The molecule has 0 atom stereocenters. The standard InChI is InChI=1S/C18H20FN3O3S/c1-12-8-16(21-25-12)20-17(23)10-26-11-18(24)22(15-6-7-15)9-13-2-4-14(19)5-3-13/h2-5,8,15H,6-7,9-11H2,1H3,(H,20,21,23). The fourth-order valence-corrected chi connectivity index (χ4v) is 3.21. The van der Waals surface area contributed by atoms with Crippen molar-refractivity contribution < 1.29 is 18.5 Å². The third-order valence-corrected chi connectivity index (χ3v) is 4.85. The Morgan fingerprint density at radius 3 is 2.65 bits per heavy atom. The molecule has 2 aromatic rings. The number of amides is 2. The normalized spacial score (nSPS) is 13.5. The number of rotatable bonds is 8. The highest BCUT2D eigenvalue weighted by atomic mass is 32.2. The van der Waals surface area contributed by atoms with Crippen molar-refractivity contribution in [1.29, 1.82) is 0 Å². The van der Waals surface area contributed by atoms with Crippen LogP contribution in [0.3, 0.4) is 0 Å². The van der Waals surface area contributed by atoms with Crippen LogP contribution in [0.25, 0.3) is 0 Å². The van der Waals surface area contributed by atoms with Gasteiger partial charge in [-0.1, -0.05) is 17.3 Å². The van der Waals surface area contributed by atoms with Gasteiger partial charge in [-0.2, -0.15) is 0 Å². The fraction of sp³-hybridized carbons (Fsp3) is 0.389. The Morgan fingerprint density at radius 1 is 1.31 bits per heavy atom. The Bertz CT molecular complexity index is 774. The molecule has 0 unspecified atom stereocenters. The lowest BCUT2D eigenvalue weighted by Crippen LogP contribution is -2.34. The van der Waals surface area contributed by atoms with E-state index in [2.05, 4.69) is 10.5 Å². The summed E-state index contributed by atoms with van der Waals surface area (Å²) in [5.74, 6) is 0.844. The molecule has 0 spiro atoms. The first kappa shape index (κ1) is 18.4. The molecule has 1 aromatic carbocycles. The highest BCUT2D eigenvalue weighted by molar-refractivity contribution is 8.00. The zero-order chi connectivity index (χ0) is 18.5. The maximum absolute atomic E-state index is 13.0. The zero-order valence-corrected chi connectivity index (χ0v) is 15.2. The molecule has 8 heteroatoms. The van der Waals surface area contributed by atoms with Crippen LogP contribution in [-0.2, 0) is 16.1 Å². The molecule has 3 rings (SSSR count). The number of nitrogens with one attached hydrogen (secondary N) is 1. The Balaban J connectivity index is 1.46. The minimum absolute atomic E-state index is 0.00749. The van der Waals surface area contributed by atoms with Crippen LogP contribution in [-0.4, -0.2) is 39.4 Å². The Morgan fingerprint density at radius 2 is 2.04 bits per heavy atom. The molecule has 1 aliphatic carbocycles. The lowest BCUT2D eigenvalue weighted by atomic mass is 10.2. The smallest absolute Gasteiger partial charge is 0.235 e. The van der Waals surface area contributed by atoms with Crippen LogP contribution in [0.5, 0.6) is 0 Å². The van der Waals surface area contributed by atoms with Gasteiger partial charge >= 0.3 is 0 Å². The van der Waals surface area contributed by atoms with E-state index >= 15 is 0 Å². The Hall–Kier alpha value is -2.35. The van der Waals surface area contributed by atoms with Crippen molar-refractivity contribution in [3.8, 4) is 0 Å². The van der Waals surface area contributed by atoms with Gasteiger partial charge in [-0.05, 0) is 37.5 Å². The first-order valence-corrected chi connectivity index (χ1v) is 9.51. The molecule has 0 bridgehead atoms. The molecular formula is C18H20FN3O3S. The average Bonchev–Trinajstić information content (AvgIpc) is 3.36. The summed E-state index contributed by atoms with van der Waals surface area (Å²) in [6.07, 6.45) is 1.98. The highest BCUT2D eigenvalue weighted by Crippen LogP contribution is 2.29.